The van der Waals surface area contributed by atoms with Crippen molar-refractivity contribution in [2.45, 2.75) is 32.2 Å². The summed E-state index contributed by atoms with van der Waals surface area (Å²) in [4.78, 5) is 14.4. The number of nitrogens with zero attached hydrogens (tertiary/aromatic N) is 1. The minimum atomic E-state index is 0.219. The van der Waals surface area contributed by atoms with Gasteiger partial charge in [0.2, 0.25) is 5.91 Å². The van der Waals surface area contributed by atoms with E-state index >= 15 is 0 Å². The molecule has 1 heterocycles. The molecule has 0 unspecified atom stereocenters. The summed E-state index contributed by atoms with van der Waals surface area (Å²) in [6, 6.07) is 7.93. The highest BCUT2D eigenvalue weighted by atomic mass is 35.5. The number of piperidine rings is 1. The fourth-order valence-electron chi connectivity index (χ4n) is 2.63. The maximum Gasteiger partial charge on any atom is 0.227 e. The lowest BCUT2D eigenvalue weighted by molar-refractivity contribution is -0.133. The van der Waals surface area contributed by atoms with Gasteiger partial charge >= 0.3 is 0 Å². The molecule has 1 aliphatic rings. The van der Waals surface area contributed by atoms with Crippen LogP contribution in [0, 0.1) is 0 Å². The van der Waals surface area contributed by atoms with Gasteiger partial charge in [0.15, 0.2) is 0 Å². The van der Waals surface area contributed by atoms with Crippen LogP contribution in [-0.4, -0.2) is 36.5 Å². The summed E-state index contributed by atoms with van der Waals surface area (Å²) in [6.07, 6.45) is 2.58. The number of carbonyl (C=O) groups is 1. The first-order chi connectivity index (χ1) is 9.20. The van der Waals surface area contributed by atoms with Crippen LogP contribution in [0.3, 0.4) is 0 Å². The van der Waals surface area contributed by atoms with Gasteiger partial charge in [-0.1, -0.05) is 23.7 Å². The number of benzene rings is 1. The normalized spacial score (nSPS) is 16.3. The Morgan fingerprint density at radius 2 is 1.95 bits per heavy atom. The molecule has 1 aliphatic heterocycles. The molecule has 3 nitrogen and oxygen atoms in total. The van der Waals surface area contributed by atoms with E-state index in [0.717, 1.165) is 38.0 Å². The van der Waals surface area contributed by atoms with Gasteiger partial charge in [0.05, 0.1) is 6.42 Å². The number of amides is 1. The molecule has 1 N–H and O–H groups in total. The van der Waals surface area contributed by atoms with Crippen molar-refractivity contribution in [1.82, 2.24) is 10.2 Å². The van der Waals surface area contributed by atoms with E-state index in [1.807, 2.05) is 29.2 Å². The summed E-state index contributed by atoms with van der Waals surface area (Å²) in [6.45, 7) is 4.86. The Bertz CT molecular complexity index is 413. The molecule has 19 heavy (non-hydrogen) atoms. The number of halogens is 1. The van der Waals surface area contributed by atoms with Crippen LogP contribution in [0.4, 0.5) is 0 Å². The summed E-state index contributed by atoms with van der Waals surface area (Å²) in [5, 5.41) is 4.05. The Labute approximate surface area is 119 Å². The second kappa shape index (κ2) is 6.92. The molecule has 1 saturated heterocycles. The van der Waals surface area contributed by atoms with Crippen molar-refractivity contribution >= 4 is 17.5 Å². The van der Waals surface area contributed by atoms with E-state index in [1.165, 1.54) is 0 Å². The van der Waals surface area contributed by atoms with Gasteiger partial charge < -0.3 is 10.2 Å². The third kappa shape index (κ3) is 3.95. The largest absolute Gasteiger partial charge is 0.340 e. The minimum Gasteiger partial charge on any atom is -0.340 e. The van der Waals surface area contributed by atoms with Crippen molar-refractivity contribution in [3.05, 3.63) is 34.9 Å². The molecule has 0 radical (unpaired) electrons. The molecule has 1 fully saturated rings. The van der Waals surface area contributed by atoms with Crippen molar-refractivity contribution in [1.29, 1.82) is 0 Å². The summed E-state index contributed by atoms with van der Waals surface area (Å²) in [5.74, 6) is 0.219. The van der Waals surface area contributed by atoms with Crippen molar-refractivity contribution < 1.29 is 4.79 Å². The lowest BCUT2D eigenvalue weighted by Gasteiger charge is -2.34. The van der Waals surface area contributed by atoms with Gasteiger partial charge in [-0.3, -0.25) is 4.79 Å². The quantitative estimate of drug-likeness (QED) is 0.919. The Kier molecular flexibility index (Phi) is 5.23. The molecule has 2 rings (SSSR count). The molecule has 1 aromatic rings. The zero-order valence-corrected chi connectivity index (χ0v) is 12.1. The first kappa shape index (κ1) is 14.4. The lowest BCUT2D eigenvalue weighted by atomic mass is 10.0. The zero-order valence-electron chi connectivity index (χ0n) is 11.4. The fraction of sp³-hybridized carbons (Fsp3) is 0.533. The zero-order chi connectivity index (χ0) is 13.7. The Hall–Kier alpha value is -1.06. The molecule has 1 amide bonds. The molecule has 4 heteroatoms. The van der Waals surface area contributed by atoms with Crippen LogP contribution >= 0.6 is 11.6 Å². The van der Waals surface area contributed by atoms with Gasteiger partial charge in [-0.05, 0) is 50.6 Å². The van der Waals surface area contributed by atoms with Crippen molar-refractivity contribution in [2.24, 2.45) is 0 Å². The predicted molar refractivity (Wildman–Crippen MR) is 78.4 cm³/mol. The Morgan fingerprint density at radius 1 is 1.32 bits per heavy atom. The van der Waals surface area contributed by atoms with Gasteiger partial charge in [-0.2, -0.15) is 0 Å². The highest BCUT2D eigenvalue weighted by Gasteiger charge is 2.23. The van der Waals surface area contributed by atoms with E-state index in [-0.39, 0.29) is 5.91 Å². The van der Waals surface area contributed by atoms with E-state index < -0.39 is 0 Å². The van der Waals surface area contributed by atoms with Gasteiger partial charge in [-0.15, -0.1) is 0 Å². The molecular weight excluding hydrogens is 260 g/mol. The highest BCUT2D eigenvalue weighted by Crippen LogP contribution is 2.15. The van der Waals surface area contributed by atoms with Crippen LogP contribution in [0.5, 0.6) is 0 Å². The summed E-state index contributed by atoms with van der Waals surface area (Å²) >= 11 is 5.86. The number of hydrogen-bond donors (Lipinski definition) is 1. The molecule has 0 atom stereocenters. The van der Waals surface area contributed by atoms with Crippen molar-refractivity contribution in [2.75, 3.05) is 19.6 Å². The third-order valence-corrected chi connectivity index (χ3v) is 3.93. The van der Waals surface area contributed by atoms with Crippen molar-refractivity contribution in [3.63, 3.8) is 0 Å². The Morgan fingerprint density at radius 3 is 2.53 bits per heavy atom. The number of nitrogens with one attached hydrogen (secondary N) is 1. The van der Waals surface area contributed by atoms with Crippen LogP contribution < -0.4 is 5.32 Å². The average molecular weight is 281 g/mol. The standard InChI is InChI=1S/C15H21ClN2O/c1-2-18(14-7-9-17-10-8-14)15(19)11-12-3-5-13(16)6-4-12/h3-6,14,17H,2,7-11H2,1H3. The highest BCUT2D eigenvalue weighted by molar-refractivity contribution is 6.30. The van der Waals surface area contributed by atoms with Gasteiger partial charge in [0.25, 0.3) is 0 Å². The van der Waals surface area contributed by atoms with Gasteiger partial charge in [0.1, 0.15) is 0 Å². The summed E-state index contributed by atoms with van der Waals surface area (Å²) < 4.78 is 0. The molecule has 0 saturated carbocycles. The molecular formula is C15H21ClN2O. The number of rotatable bonds is 4. The van der Waals surface area contributed by atoms with Crippen LogP contribution in [0.25, 0.3) is 0 Å². The van der Waals surface area contributed by atoms with E-state index in [0.29, 0.717) is 17.5 Å². The molecule has 1 aromatic carbocycles. The molecule has 0 spiro atoms. The minimum absolute atomic E-state index is 0.219. The topological polar surface area (TPSA) is 32.3 Å². The number of hydrogen-bond acceptors (Lipinski definition) is 2. The molecule has 0 aliphatic carbocycles. The maximum atomic E-state index is 12.4. The molecule has 104 valence electrons. The van der Waals surface area contributed by atoms with Crippen LogP contribution in [0.2, 0.25) is 5.02 Å². The first-order valence-electron chi connectivity index (χ1n) is 6.95. The Balaban J connectivity index is 1.97. The van der Waals surface area contributed by atoms with E-state index in [1.54, 1.807) is 0 Å². The average Bonchev–Trinajstić information content (AvgIpc) is 2.43. The number of likely N-dealkylation sites (N-methyl/N-ethyl adjacent to an activating group) is 1. The first-order valence-corrected chi connectivity index (χ1v) is 7.33. The second-order valence-electron chi connectivity index (χ2n) is 4.96. The summed E-state index contributed by atoms with van der Waals surface area (Å²) in [5.41, 5.74) is 1.03. The van der Waals surface area contributed by atoms with Crippen LogP contribution in [0.1, 0.15) is 25.3 Å². The lowest BCUT2D eigenvalue weighted by Crippen LogP contribution is -2.46. The van der Waals surface area contributed by atoms with Gasteiger partial charge in [-0.25, -0.2) is 0 Å². The molecule has 0 bridgehead atoms. The second-order valence-corrected chi connectivity index (χ2v) is 5.40. The monoisotopic (exact) mass is 280 g/mol. The van der Waals surface area contributed by atoms with Crippen LogP contribution in [0.15, 0.2) is 24.3 Å². The molecule has 0 aromatic heterocycles. The van der Waals surface area contributed by atoms with Gasteiger partial charge in [0, 0.05) is 17.6 Å². The third-order valence-electron chi connectivity index (χ3n) is 3.68. The van der Waals surface area contributed by atoms with E-state index in [9.17, 15) is 4.79 Å². The van der Waals surface area contributed by atoms with Crippen LogP contribution in [-0.2, 0) is 11.2 Å². The van der Waals surface area contributed by atoms with E-state index in [4.69, 9.17) is 11.6 Å². The SMILES string of the molecule is CCN(C(=O)Cc1ccc(Cl)cc1)C1CCNCC1. The summed E-state index contributed by atoms with van der Waals surface area (Å²) in [7, 11) is 0. The maximum absolute atomic E-state index is 12.4. The number of carbonyl (C=O) groups excluding carboxylic acids is 1. The van der Waals surface area contributed by atoms with E-state index in [2.05, 4.69) is 12.2 Å². The fourth-order valence-corrected chi connectivity index (χ4v) is 2.76. The smallest absolute Gasteiger partial charge is 0.227 e. The van der Waals surface area contributed by atoms with Crippen molar-refractivity contribution in [3.8, 4) is 0 Å². The predicted octanol–water partition coefficient (Wildman–Crippen LogP) is 2.48.